The maximum Gasteiger partial charge on any atom is 0.225 e. The molecule has 3 aromatic rings. The fourth-order valence-corrected chi connectivity index (χ4v) is 3.96. The number of aliphatic hydroxyl groups excluding tert-OH is 1. The predicted molar refractivity (Wildman–Crippen MR) is 110 cm³/mol. The van der Waals surface area contributed by atoms with E-state index in [1.807, 2.05) is 12.3 Å². The van der Waals surface area contributed by atoms with E-state index in [2.05, 4.69) is 64.2 Å². The van der Waals surface area contributed by atoms with E-state index in [-0.39, 0.29) is 6.61 Å². The van der Waals surface area contributed by atoms with E-state index in [1.54, 1.807) is 0 Å². The molecule has 5 heteroatoms. The highest BCUT2D eigenvalue weighted by molar-refractivity contribution is 5.86. The average molecular weight is 362 g/mol. The van der Waals surface area contributed by atoms with E-state index >= 15 is 0 Å². The minimum absolute atomic E-state index is 0.207. The van der Waals surface area contributed by atoms with Crippen molar-refractivity contribution < 1.29 is 5.11 Å². The first-order valence-corrected chi connectivity index (χ1v) is 9.70. The van der Waals surface area contributed by atoms with Crippen molar-refractivity contribution in [2.24, 2.45) is 0 Å². The molecule has 1 aliphatic heterocycles. The summed E-state index contributed by atoms with van der Waals surface area (Å²) in [5.41, 5.74) is 2.07. The Morgan fingerprint density at radius 3 is 2.81 bits per heavy atom. The van der Waals surface area contributed by atoms with Gasteiger partial charge in [-0.25, -0.2) is 9.97 Å². The summed E-state index contributed by atoms with van der Waals surface area (Å²) < 4.78 is 0. The van der Waals surface area contributed by atoms with Crippen LogP contribution in [0.4, 0.5) is 5.95 Å². The fourth-order valence-electron chi connectivity index (χ4n) is 3.96. The van der Waals surface area contributed by atoms with E-state index in [4.69, 9.17) is 4.98 Å². The Balaban J connectivity index is 1.55. The van der Waals surface area contributed by atoms with Gasteiger partial charge in [0.1, 0.15) is 0 Å². The number of anilines is 1. The van der Waals surface area contributed by atoms with Gasteiger partial charge >= 0.3 is 0 Å². The van der Waals surface area contributed by atoms with Crippen LogP contribution >= 0.6 is 0 Å². The van der Waals surface area contributed by atoms with E-state index in [0.29, 0.717) is 6.04 Å². The van der Waals surface area contributed by atoms with Gasteiger partial charge in [-0.2, -0.15) is 0 Å². The Morgan fingerprint density at radius 1 is 1.15 bits per heavy atom. The van der Waals surface area contributed by atoms with Gasteiger partial charge in [-0.05, 0) is 35.9 Å². The highest BCUT2D eigenvalue weighted by Crippen LogP contribution is 2.25. The maximum atomic E-state index is 9.27. The number of hydrogen-bond acceptors (Lipinski definition) is 5. The summed E-state index contributed by atoms with van der Waals surface area (Å²) in [6.45, 7) is 5.90. The largest absolute Gasteiger partial charge is 0.395 e. The van der Waals surface area contributed by atoms with Crippen molar-refractivity contribution in [2.45, 2.75) is 19.4 Å². The molecule has 0 radical (unpaired) electrons. The molecule has 0 saturated carbocycles. The first-order valence-electron chi connectivity index (χ1n) is 9.70. The first kappa shape index (κ1) is 17.9. The highest BCUT2D eigenvalue weighted by atomic mass is 16.3. The molecule has 4 rings (SSSR count). The Kier molecular flexibility index (Phi) is 5.32. The van der Waals surface area contributed by atoms with Gasteiger partial charge in [0.15, 0.2) is 0 Å². The van der Waals surface area contributed by atoms with Gasteiger partial charge in [0, 0.05) is 37.4 Å². The predicted octanol–water partition coefficient (Wildman–Crippen LogP) is 3.19. The van der Waals surface area contributed by atoms with Crippen LogP contribution in [0.2, 0.25) is 0 Å². The van der Waals surface area contributed by atoms with Crippen molar-refractivity contribution in [1.82, 2.24) is 14.9 Å². The molecule has 1 fully saturated rings. The lowest BCUT2D eigenvalue weighted by Gasteiger charge is -2.26. The molecule has 1 aliphatic rings. The molecule has 0 spiro atoms. The van der Waals surface area contributed by atoms with Crippen LogP contribution in [0.5, 0.6) is 0 Å². The molecule has 140 valence electrons. The molecule has 1 atom stereocenters. The minimum Gasteiger partial charge on any atom is -0.395 e. The van der Waals surface area contributed by atoms with Gasteiger partial charge < -0.3 is 10.0 Å². The van der Waals surface area contributed by atoms with E-state index in [0.717, 1.165) is 49.8 Å². The summed E-state index contributed by atoms with van der Waals surface area (Å²) >= 11 is 0. The van der Waals surface area contributed by atoms with Crippen LogP contribution < -0.4 is 4.90 Å². The third-order valence-electron chi connectivity index (χ3n) is 5.44. The zero-order valence-corrected chi connectivity index (χ0v) is 15.8. The number of benzene rings is 2. The van der Waals surface area contributed by atoms with Crippen LogP contribution in [0, 0.1) is 0 Å². The lowest BCUT2D eigenvalue weighted by atomic mass is 10.1. The molecular weight excluding hydrogens is 336 g/mol. The SMILES string of the molecule is CCN(CCO)[C@H]1CCN(c2nccc(-c3ccc4ccccc4c3)n2)C1. The van der Waals surface area contributed by atoms with Crippen molar-refractivity contribution in [1.29, 1.82) is 0 Å². The number of hydrogen-bond donors (Lipinski definition) is 1. The molecule has 0 bridgehead atoms. The van der Waals surface area contributed by atoms with Gasteiger partial charge in [0.2, 0.25) is 5.95 Å². The minimum atomic E-state index is 0.207. The van der Waals surface area contributed by atoms with Crippen LogP contribution in [-0.4, -0.2) is 58.8 Å². The summed E-state index contributed by atoms with van der Waals surface area (Å²) in [6, 6.07) is 17.3. The van der Waals surface area contributed by atoms with Gasteiger partial charge in [-0.3, -0.25) is 4.90 Å². The lowest BCUT2D eigenvalue weighted by molar-refractivity contribution is 0.165. The van der Waals surface area contributed by atoms with Crippen LogP contribution in [0.1, 0.15) is 13.3 Å². The van der Waals surface area contributed by atoms with E-state index in [1.165, 1.54) is 10.8 Å². The second kappa shape index (κ2) is 8.03. The molecule has 1 saturated heterocycles. The van der Waals surface area contributed by atoms with E-state index < -0.39 is 0 Å². The number of fused-ring (bicyclic) bond motifs is 1. The quantitative estimate of drug-likeness (QED) is 0.730. The van der Waals surface area contributed by atoms with Crippen LogP contribution in [0.25, 0.3) is 22.0 Å². The summed E-state index contributed by atoms with van der Waals surface area (Å²) in [7, 11) is 0. The third-order valence-corrected chi connectivity index (χ3v) is 5.44. The maximum absolute atomic E-state index is 9.27. The van der Waals surface area contributed by atoms with Crippen molar-refractivity contribution in [2.75, 3.05) is 37.7 Å². The monoisotopic (exact) mass is 362 g/mol. The van der Waals surface area contributed by atoms with Crippen molar-refractivity contribution in [3.8, 4) is 11.3 Å². The average Bonchev–Trinajstić information content (AvgIpc) is 3.22. The molecule has 0 amide bonds. The third kappa shape index (κ3) is 3.80. The van der Waals surface area contributed by atoms with Crippen molar-refractivity contribution >= 4 is 16.7 Å². The lowest BCUT2D eigenvalue weighted by Crippen LogP contribution is -2.39. The Hall–Kier alpha value is -2.50. The van der Waals surface area contributed by atoms with Crippen molar-refractivity contribution in [3.63, 3.8) is 0 Å². The molecule has 2 aromatic carbocycles. The topological polar surface area (TPSA) is 52.5 Å². The van der Waals surface area contributed by atoms with Gasteiger partial charge in [0.05, 0.1) is 12.3 Å². The van der Waals surface area contributed by atoms with Crippen LogP contribution in [0.3, 0.4) is 0 Å². The summed E-state index contributed by atoms with van der Waals surface area (Å²) in [5, 5.41) is 11.7. The Morgan fingerprint density at radius 2 is 2.00 bits per heavy atom. The number of aromatic nitrogens is 2. The molecule has 5 nitrogen and oxygen atoms in total. The Bertz CT molecular complexity index is 913. The summed E-state index contributed by atoms with van der Waals surface area (Å²) in [5.74, 6) is 0.795. The van der Waals surface area contributed by atoms with Gasteiger partial charge in [-0.1, -0.05) is 43.3 Å². The number of nitrogens with zero attached hydrogens (tertiary/aromatic N) is 4. The number of aliphatic hydroxyl groups is 1. The number of likely N-dealkylation sites (N-methyl/N-ethyl adjacent to an activating group) is 1. The van der Waals surface area contributed by atoms with Crippen molar-refractivity contribution in [3.05, 3.63) is 54.7 Å². The summed E-state index contributed by atoms with van der Waals surface area (Å²) in [4.78, 5) is 14.0. The normalized spacial score (nSPS) is 17.1. The zero-order chi connectivity index (χ0) is 18.6. The standard InChI is InChI=1S/C22H26N4O/c1-2-25(13-14-27)20-10-12-26(16-20)22-23-11-9-21(24-22)19-8-7-17-5-3-4-6-18(17)15-19/h3-9,11,15,20,27H,2,10,12-14,16H2,1H3/t20-/m0/s1. The molecule has 1 N–H and O–H groups in total. The van der Waals surface area contributed by atoms with E-state index in [9.17, 15) is 5.11 Å². The Labute approximate surface area is 160 Å². The van der Waals surface area contributed by atoms with Crippen LogP contribution in [-0.2, 0) is 0 Å². The molecule has 2 heterocycles. The fraction of sp³-hybridized carbons (Fsp3) is 0.364. The zero-order valence-electron chi connectivity index (χ0n) is 15.8. The van der Waals surface area contributed by atoms with Crippen LogP contribution in [0.15, 0.2) is 54.7 Å². The second-order valence-corrected chi connectivity index (χ2v) is 7.04. The molecule has 27 heavy (non-hydrogen) atoms. The second-order valence-electron chi connectivity index (χ2n) is 7.04. The highest BCUT2D eigenvalue weighted by Gasteiger charge is 2.28. The first-order chi connectivity index (χ1) is 13.3. The molecule has 0 aliphatic carbocycles. The molecule has 1 aromatic heterocycles. The molecular formula is C22H26N4O. The van der Waals surface area contributed by atoms with Gasteiger partial charge in [0.25, 0.3) is 0 Å². The molecule has 0 unspecified atom stereocenters. The number of rotatable bonds is 6. The van der Waals surface area contributed by atoms with Gasteiger partial charge in [-0.15, -0.1) is 0 Å². The smallest absolute Gasteiger partial charge is 0.225 e. The summed E-state index contributed by atoms with van der Waals surface area (Å²) in [6.07, 6.45) is 2.93.